The average molecular weight is 252 g/mol. The molecule has 2 N–H and O–H groups in total. The largest absolute Gasteiger partial charge is 0.494 e. The standard InChI is InChI=1S/C12H13FN2OS/c1-7-15-12(11(6-14)17-7)8-3-4-10(16-2)9(13)5-8/h3-5H,6,14H2,1-2H3. The molecule has 0 spiro atoms. The second kappa shape index (κ2) is 4.81. The van der Waals surface area contributed by atoms with E-state index in [1.54, 1.807) is 12.1 Å². The first-order chi connectivity index (χ1) is 8.15. The van der Waals surface area contributed by atoms with Crippen molar-refractivity contribution < 1.29 is 9.13 Å². The molecule has 0 aliphatic carbocycles. The van der Waals surface area contributed by atoms with Crippen LogP contribution in [0.5, 0.6) is 5.75 Å². The maximum Gasteiger partial charge on any atom is 0.165 e. The molecule has 0 aliphatic heterocycles. The molecule has 0 bridgehead atoms. The molecule has 0 aliphatic rings. The molecule has 0 amide bonds. The topological polar surface area (TPSA) is 48.1 Å². The van der Waals surface area contributed by atoms with E-state index >= 15 is 0 Å². The molecular formula is C12H13FN2OS. The van der Waals surface area contributed by atoms with Gasteiger partial charge in [-0.1, -0.05) is 0 Å². The number of nitrogens with zero attached hydrogens (tertiary/aromatic N) is 1. The van der Waals surface area contributed by atoms with Crippen LogP contribution in [0.2, 0.25) is 0 Å². The molecule has 0 unspecified atom stereocenters. The Hall–Kier alpha value is -1.46. The molecule has 90 valence electrons. The van der Waals surface area contributed by atoms with Crippen molar-refractivity contribution in [3.05, 3.63) is 33.9 Å². The first-order valence-electron chi connectivity index (χ1n) is 5.16. The van der Waals surface area contributed by atoms with Gasteiger partial charge in [-0.25, -0.2) is 9.37 Å². The first-order valence-corrected chi connectivity index (χ1v) is 5.97. The molecule has 1 heterocycles. The van der Waals surface area contributed by atoms with E-state index in [2.05, 4.69) is 4.98 Å². The van der Waals surface area contributed by atoms with Crippen LogP contribution in [-0.2, 0) is 6.54 Å². The van der Waals surface area contributed by atoms with Crippen molar-refractivity contribution in [2.45, 2.75) is 13.5 Å². The van der Waals surface area contributed by atoms with Crippen molar-refractivity contribution in [2.75, 3.05) is 7.11 Å². The van der Waals surface area contributed by atoms with Gasteiger partial charge in [-0.3, -0.25) is 0 Å². The molecule has 5 heteroatoms. The quantitative estimate of drug-likeness (QED) is 0.913. The van der Waals surface area contributed by atoms with Gasteiger partial charge < -0.3 is 10.5 Å². The van der Waals surface area contributed by atoms with Crippen LogP contribution in [0, 0.1) is 12.7 Å². The summed E-state index contributed by atoms with van der Waals surface area (Å²) in [6.45, 7) is 2.32. The molecule has 3 nitrogen and oxygen atoms in total. The number of thiazole rings is 1. The van der Waals surface area contributed by atoms with Crippen LogP contribution in [0.25, 0.3) is 11.3 Å². The van der Waals surface area contributed by atoms with Crippen LogP contribution in [0.15, 0.2) is 18.2 Å². The van der Waals surface area contributed by atoms with Crippen LogP contribution < -0.4 is 10.5 Å². The monoisotopic (exact) mass is 252 g/mol. The summed E-state index contributed by atoms with van der Waals surface area (Å²) < 4.78 is 18.5. The van der Waals surface area contributed by atoms with E-state index in [1.807, 2.05) is 6.92 Å². The highest BCUT2D eigenvalue weighted by atomic mass is 32.1. The van der Waals surface area contributed by atoms with Gasteiger partial charge in [-0.15, -0.1) is 11.3 Å². The van der Waals surface area contributed by atoms with Gasteiger partial charge in [-0.05, 0) is 25.1 Å². The lowest BCUT2D eigenvalue weighted by atomic mass is 10.1. The number of hydrogen-bond donors (Lipinski definition) is 1. The zero-order valence-corrected chi connectivity index (χ0v) is 10.5. The third-order valence-corrected chi connectivity index (χ3v) is 3.41. The van der Waals surface area contributed by atoms with Crippen LogP contribution in [-0.4, -0.2) is 12.1 Å². The lowest BCUT2D eigenvalue weighted by Crippen LogP contribution is -1.96. The summed E-state index contributed by atoms with van der Waals surface area (Å²) in [5.41, 5.74) is 7.14. The van der Waals surface area contributed by atoms with Crippen molar-refractivity contribution in [3.63, 3.8) is 0 Å². The lowest BCUT2D eigenvalue weighted by Gasteiger charge is -2.04. The molecular weight excluding hydrogens is 239 g/mol. The maximum absolute atomic E-state index is 13.6. The lowest BCUT2D eigenvalue weighted by molar-refractivity contribution is 0.386. The molecule has 17 heavy (non-hydrogen) atoms. The minimum Gasteiger partial charge on any atom is -0.494 e. The van der Waals surface area contributed by atoms with E-state index in [4.69, 9.17) is 10.5 Å². The molecule has 1 aromatic carbocycles. The summed E-state index contributed by atoms with van der Waals surface area (Å²) in [6, 6.07) is 4.81. The van der Waals surface area contributed by atoms with Gasteiger partial charge in [0, 0.05) is 17.0 Å². The van der Waals surface area contributed by atoms with Crippen LogP contribution in [0.3, 0.4) is 0 Å². The minimum absolute atomic E-state index is 0.231. The Morgan fingerprint density at radius 3 is 2.82 bits per heavy atom. The average Bonchev–Trinajstić information content (AvgIpc) is 2.70. The summed E-state index contributed by atoms with van der Waals surface area (Å²) in [5, 5.41) is 0.927. The highest BCUT2D eigenvalue weighted by Gasteiger charge is 2.12. The Bertz CT molecular complexity index is 539. The predicted octanol–water partition coefficient (Wildman–Crippen LogP) is 2.72. The second-order valence-electron chi connectivity index (χ2n) is 3.56. The van der Waals surface area contributed by atoms with Crippen molar-refractivity contribution in [2.24, 2.45) is 5.73 Å². The Morgan fingerprint density at radius 2 is 2.24 bits per heavy atom. The maximum atomic E-state index is 13.6. The molecule has 0 radical (unpaired) electrons. The Kier molecular flexibility index (Phi) is 3.40. The highest BCUT2D eigenvalue weighted by Crippen LogP contribution is 2.30. The summed E-state index contributed by atoms with van der Waals surface area (Å²) in [6.07, 6.45) is 0. The number of aryl methyl sites for hydroxylation is 1. The van der Waals surface area contributed by atoms with Crippen molar-refractivity contribution in [1.29, 1.82) is 0 Å². The summed E-state index contributed by atoms with van der Waals surface area (Å²) in [4.78, 5) is 5.34. The Labute approximate surface area is 103 Å². The third-order valence-electron chi connectivity index (χ3n) is 2.41. The van der Waals surface area contributed by atoms with E-state index in [0.29, 0.717) is 6.54 Å². The highest BCUT2D eigenvalue weighted by molar-refractivity contribution is 7.12. The number of rotatable bonds is 3. The number of ether oxygens (including phenoxy) is 1. The molecule has 0 fully saturated rings. The Morgan fingerprint density at radius 1 is 1.47 bits per heavy atom. The van der Waals surface area contributed by atoms with Gasteiger partial charge in [-0.2, -0.15) is 0 Å². The molecule has 0 saturated heterocycles. The third kappa shape index (κ3) is 2.30. The number of halogens is 1. The van der Waals surface area contributed by atoms with Crippen LogP contribution in [0.4, 0.5) is 4.39 Å². The van der Waals surface area contributed by atoms with E-state index in [9.17, 15) is 4.39 Å². The van der Waals surface area contributed by atoms with Gasteiger partial charge in [0.1, 0.15) is 0 Å². The zero-order valence-electron chi connectivity index (χ0n) is 9.66. The van der Waals surface area contributed by atoms with Crippen molar-refractivity contribution >= 4 is 11.3 Å². The molecule has 2 rings (SSSR count). The van der Waals surface area contributed by atoms with Gasteiger partial charge in [0.2, 0.25) is 0 Å². The Balaban J connectivity index is 2.49. The van der Waals surface area contributed by atoms with Crippen LogP contribution >= 0.6 is 11.3 Å². The van der Waals surface area contributed by atoms with Crippen molar-refractivity contribution in [3.8, 4) is 17.0 Å². The van der Waals surface area contributed by atoms with Crippen LogP contribution in [0.1, 0.15) is 9.88 Å². The normalized spacial score (nSPS) is 10.6. The molecule has 0 atom stereocenters. The SMILES string of the molecule is COc1ccc(-c2nc(C)sc2CN)cc1F. The molecule has 2 aromatic rings. The predicted molar refractivity (Wildman–Crippen MR) is 66.7 cm³/mol. The smallest absolute Gasteiger partial charge is 0.165 e. The number of benzene rings is 1. The van der Waals surface area contributed by atoms with Gasteiger partial charge >= 0.3 is 0 Å². The molecule has 0 saturated carbocycles. The first kappa shape index (κ1) is 12.0. The number of nitrogens with two attached hydrogens (primary N) is 1. The minimum atomic E-state index is -0.390. The number of methoxy groups -OCH3 is 1. The molecule has 1 aromatic heterocycles. The van der Waals surface area contributed by atoms with E-state index in [0.717, 1.165) is 21.1 Å². The summed E-state index contributed by atoms with van der Waals surface area (Å²) in [5.74, 6) is -0.159. The second-order valence-corrected chi connectivity index (χ2v) is 4.85. The van der Waals surface area contributed by atoms with E-state index in [-0.39, 0.29) is 5.75 Å². The fraction of sp³-hybridized carbons (Fsp3) is 0.250. The van der Waals surface area contributed by atoms with E-state index in [1.165, 1.54) is 24.5 Å². The number of aromatic nitrogens is 1. The zero-order chi connectivity index (χ0) is 12.4. The van der Waals surface area contributed by atoms with Gasteiger partial charge in [0.15, 0.2) is 11.6 Å². The number of hydrogen-bond acceptors (Lipinski definition) is 4. The summed E-state index contributed by atoms with van der Waals surface area (Å²) in [7, 11) is 1.44. The fourth-order valence-electron chi connectivity index (χ4n) is 1.65. The van der Waals surface area contributed by atoms with E-state index < -0.39 is 5.82 Å². The van der Waals surface area contributed by atoms with Gasteiger partial charge in [0.25, 0.3) is 0 Å². The summed E-state index contributed by atoms with van der Waals surface area (Å²) >= 11 is 1.54. The van der Waals surface area contributed by atoms with Gasteiger partial charge in [0.05, 0.1) is 17.8 Å². The van der Waals surface area contributed by atoms with Crippen molar-refractivity contribution in [1.82, 2.24) is 4.98 Å². The fourth-order valence-corrected chi connectivity index (χ4v) is 2.48.